The fourth-order valence-electron chi connectivity index (χ4n) is 2.54. The van der Waals surface area contributed by atoms with Crippen LogP contribution in [0.15, 0.2) is 12.1 Å². The van der Waals surface area contributed by atoms with Gasteiger partial charge in [0.25, 0.3) is 0 Å². The minimum absolute atomic E-state index is 0.210. The lowest BCUT2D eigenvalue weighted by Gasteiger charge is -2.32. The van der Waals surface area contributed by atoms with Crippen molar-refractivity contribution in [2.24, 2.45) is 0 Å². The molecule has 0 unspecified atom stereocenters. The monoisotopic (exact) mass is 261 g/mol. The number of benzene rings is 1. The van der Waals surface area contributed by atoms with Crippen LogP contribution in [0.2, 0.25) is 0 Å². The van der Waals surface area contributed by atoms with E-state index in [9.17, 15) is 4.79 Å². The molecule has 0 spiro atoms. The summed E-state index contributed by atoms with van der Waals surface area (Å²) in [6.45, 7) is 11.3. The zero-order valence-corrected chi connectivity index (χ0v) is 12.5. The van der Waals surface area contributed by atoms with E-state index in [-0.39, 0.29) is 6.09 Å². The molecule has 0 aromatic heterocycles. The van der Waals surface area contributed by atoms with Gasteiger partial charge in [-0.05, 0) is 57.7 Å². The fraction of sp³-hybridized carbons (Fsp3) is 0.562. The molecular weight excluding hydrogens is 238 g/mol. The molecule has 0 atom stereocenters. The average molecular weight is 261 g/mol. The van der Waals surface area contributed by atoms with E-state index in [1.54, 1.807) is 4.90 Å². The van der Waals surface area contributed by atoms with E-state index in [1.807, 2.05) is 20.8 Å². The fourth-order valence-corrected chi connectivity index (χ4v) is 2.54. The number of carbonyl (C=O) groups excluding carboxylic acids is 1. The summed E-state index contributed by atoms with van der Waals surface area (Å²) in [4.78, 5) is 13.9. The number of rotatable bonds is 0. The Morgan fingerprint density at radius 3 is 2.58 bits per heavy atom. The van der Waals surface area contributed by atoms with E-state index >= 15 is 0 Å². The minimum Gasteiger partial charge on any atom is -0.444 e. The number of fused-ring (bicyclic) bond motifs is 1. The molecule has 0 fully saturated rings. The number of hydrogen-bond donors (Lipinski definition) is 0. The molecule has 1 aliphatic heterocycles. The lowest BCUT2D eigenvalue weighted by atomic mass is 9.93. The average Bonchev–Trinajstić information content (AvgIpc) is 2.25. The third-order valence-electron chi connectivity index (χ3n) is 3.36. The highest BCUT2D eigenvalue weighted by atomic mass is 16.6. The first-order valence-electron chi connectivity index (χ1n) is 6.83. The van der Waals surface area contributed by atoms with Crippen LogP contribution >= 0.6 is 0 Å². The molecular formula is C16H23NO2. The first-order valence-corrected chi connectivity index (χ1v) is 6.83. The molecule has 0 aliphatic carbocycles. The van der Waals surface area contributed by atoms with Crippen LogP contribution in [0.1, 0.15) is 43.0 Å². The first-order chi connectivity index (χ1) is 8.76. The summed E-state index contributed by atoms with van der Waals surface area (Å²) in [6, 6.07) is 4.41. The second-order valence-electron chi connectivity index (χ2n) is 6.37. The van der Waals surface area contributed by atoms with Crippen LogP contribution in [0.3, 0.4) is 0 Å². The standard InChI is InChI=1S/C16H23NO2/c1-11-8-12(2)14-10-17(7-6-13(14)9-11)15(18)19-16(3,4)5/h8-9H,6-7,10H2,1-5H3. The van der Waals surface area contributed by atoms with Crippen molar-refractivity contribution in [1.29, 1.82) is 0 Å². The van der Waals surface area contributed by atoms with Gasteiger partial charge in [-0.2, -0.15) is 0 Å². The van der Waals surface area contributed by atoms with Gasteiger partial charge in [-0.15, -0.1) is 0 Å². The third-order valence-corrected chi connectivity index (χ3v) is 3.36. The van der Waals surface area contributed by atoms with Crippen LogP contribution in [-0.4, -0.2) is 23.1 Å². The van der Waals surface area contributed by atoms with Gasteiger partial charge >= 0.3 is 6.09 Å². The van der Waals surface area contributed by atoms with Crippen molar-refractivity contribution < 1.29 is 9.53 Å². The number of ether oxygens (including phenoxy) is 1. The van der Waals surface area contributed by atoms with Crippen LogP contribution < -0.4 is 0 Å². The molecule has 0 saturated heterocycles. The van der Waals surface area contributed by atoms with Crippen LogP contribution in [-0.2, 0) is 17.7 Å². The smallest absolute Gasteiger partial charge is 0.410 e. The van der Waals surface area contributed by atoms with Gasteiger partial charge in [0.15, 0.2) is 0 Å². The van der Waals surface area contributed by atoms with Crippen LogP contribution in [0.25, 0.3) is 0 Å². The quantitative estimate of drug-likeness (QED) is 0.714. The predicted octanol–water partition coefficient (Wildman–Crippen LogP) is 3.60. The maximum Gasteiger partial charge on any atom is 0.410 e. The normalized spacial score (nSPS) is 15.1. The van der Waals surface area contributed by atoms with Gasteiger partial charge in [-0.3, -0.25) is 0 Å². The van der Waals surface area contributed by atoms with Gasteiger partial charge in [0.05, 0.1) is 0 Å². The summed E-state index contributed by atoms with van der Waals surface area (Å²) >= 11 is 0. The molecule has 19 heavy (non-hydrogen) atoms. The summed E-state index contributed by atoms with van der Waals surface area (Å²) < 4.78 is 5.44. The molecule has 0 saturated carbocycles. The maximum atomic E-state index is 12.1. The maximum absolute atomic E-state index is 12.1. The van der Waals surface area contributed by atoms with E-state index < -0.39 is 5.60 Å². The zero-order chi connectivity index (χ0) is 14.2. The van der Waals surface area contributed by atoms with Crippen molar-refractivity contribution in [1.82, 2.24) is 4.90 Å². The number of aryl methyl sites for hydroxylation is 2. The molecule has 1 aromatic carbocycles. The van der Waals surface area contributed by atoms with Crippen molar-refractivity contribution >= 4 is 6.09 Å². The second kappa shape index (κ2) is 4.87. The summed E-state index contributed by atoms with van der Waals surface area (Å²) in [6.07, 6.45) is 0.704. The molecule has 1 aliphatic rings. The van der Waals surface area contributed by atoms with Gasteiger partial charge in [0.2, 0.25) is 0 Å². The van der Waals surface area contributed by atoms with E-state index in [0.29, 0.717) is 6.54 Å². The Hall–Kier alpha value is -1.51. The summed E-state index contributed by atoms with van der Waals surface area (Å²) in [5.41, 5.74) is 4.78. The number of amides is 1. The van der Waals surface area contributed by atoms with E-state index in [0.717, 1.165) is 13.0 Å². The van der Waals surface area contributed by atoms with E-state index in [4.69, 9.17) is 4.74 Å². The molecule has 3 nitrogen and oxygen atoms in total. The van der Waals surface area contributed by atoms with Crippen molar-refractivity contribution in [2.75, 3.05) is 6.54 Å². The SMILES string of the molecule is Cc1cc(C)c2c(c1)CCN(C(=O)OC(C)(C)C)C2. The predicted molar refractivity (Wildman–Crippen MR) is 76.3 cm³/mol. The van der Waals surface area contributed by atoms with E-state index in [2.05, 4.69) is 26.0 Å². The van der Waals surface area contributed by atoms with Gasteiger partial charge in [-0.25, -0.2) is 4.79 Å². The van der Waals surface area contributed by atoms with E-state index in [1.165, 1.54) is 22.3 Å². The van der Waals surface area contributed by atoms with Crippen molar-refractivity contribution in [2.45, 2.75) is 53.2 Å². The molecule has 3 heteroatoms. The van der Waals surface area contributed by atoms with Gasteiger partial charge in [0, 0.05) is 13.1 Å². The molecule has 1 heterocycles. The number of nitrogens with zero attached hydrogens (tertiary/aromatic N) is 1. The lowest BCUT2D eigenvalue weighted by molar-refractivity contribution is 0.0223. The topological polar surface area (TPSA) is 29.5 Å². The number of hydrogen-bond acceptors (Lipinski definition) is 2. The molecule has 0 radical (unpaired) electrons. The van der Waals surface area contributed by atoms with Gasteiger partial charge < -0.3 is 9.64 Å². The second-order valence-corrected chi connectivity index (χ2v) is 6.37. The van der Waals surface area contributed by atoms with Crippen molar-refractivity contribution in [3.8, 4) is 0 Å². The highest BCUT2D eigenvalue weighted by Crippen LogP contribution is 2.25. The van der Waals surface area contributed by atoms with Crippen molar-refractivity contribution in [3.05, 3.63) is 34.4 Å². The van der Waals surface area contributed by atoms with Gasteiger partial charge in [0.1, 0.15) is 5.60 Å². The Kier molecular flexibility index (Phi) is 3.57. The molecule has 2 rings (SSSR count). The Morgan fingerprint density at radius 1 is 1.26 bits per heavy atom. The zero-order valence-electron chi connectivity index (χ0n) is 12.5. The molecule has 1 amide bonds. The van der Waals surface area contributed by atoms with Crippen molar-refractivity contribution in [3.63, 3.8) is 0 Å². The minimum atomic E-state index is -0.431. The Morgan fingerprint density at radius 2 is 1.95 bits per heavy atom. The van der Waals surface area contributed by atoms with Gasteiger partial charge in [-0.1, -0.05) is 17.7 Å². The molecule has 104 valence electrons. The lowest BCUT2D eigenvalue weighted by Crippen LogP contribution is -2.40. The van der Waals surface area contributed by atoms with Crippen LogP contribution in [0.4, 0.5) is 4.79 Å². The third kappa shape index (κ3) is 3.28. The van der Waals surface area contributed by atoms with Crippen LogP contribution in [0, 0.1) is 13.8 Å². The summed E-state index contributed by atoms with van der Waals surface area (Å²) in [7, 11) is 0. The summed E-state index contributed by atoms with van der Waals surface area (Å²) in [5, 5.41) is 0. The Balaban J connectivity index is 2.16. The Labute approximate surface area is 115 Å². The van der Waals surface area contributed by atoms with Crippen LogP contribution in [0.5, 0.6) is 0 Å². The largest absolute Gasteiger partial charge is 0.444 e. The highest BCUT2D eigenvalue weighted by Gasteiger charge is 2.26. The highest BCUT2D eigenvalue weighted by molar-refractivity contribution is 5.69. The molecule has 1 aromatic rings. The molecule has 0 bridgehead atoms. The summed E-state index contributed by atoms with van der Waals surface area (Å²) in [5.74, 6) is 0. The number of carbonyl (C=O) groups is 1. The first kappa shape index (κ1) is 13.9. The molecule has 0 N–H and O–H groups in total. The Bertz CT molecular complexity index is 500.